The van der Waals surface area contributed by atoms with Crippen molar-refractivity contribution in [2.24, 2.45) is 11.8 Å². The van der Waals surface area contributed by atoms with Gasteiger partial charge in [-0.1, -0.05) is 26.2 Å². The maximum Gasteiger partial charge on any atom is 0.326 e. The predicted molar refractivity (Wildman–Crippen MR) is 78.7 cm³/mol. The second-order valence-electron chi connectivity index (χ2n) is 6.59. The second-order valence-corrected chi connectivity index (χ2v) is 6.59. The molecular formula is C16H27NO4. The van der Waals surface area contributed by atoms with Crippen LogP contribution >= 0.6 is 0 Å². The van der Waals surface area contributed by atoms with E-state index in [1.165, 1.54) is 24.2 Å². The first kappa shape index (κ1) is 16.3. The molecule has 0 aromatic rings. The van der Waals surface area contributed by atoms with E-state index in [2.05, 4.69) is 6.92 Å². The number of likely N-dealkylation sites (tertiary alicyclic amines) is 1. The fraction of sp³-hybridized carbons (Fsp3) is 0.875. The Morgan fingerprint density at radius 2 is 1.86 bits per heavy atom. The first-order valence-electron chi connectivity index (χ1n) is 8.24. The maximum absolute atomic E-state index is 12.5. The molecule has 0 radical (unpaired) electrons. The lowest BCUT2D eigenvalue weighted by Gasteiger charge is -2.32. The van der Waals surface area contributed by atoms with Crippen LogP contribution in [0, 0.1) is 11.8 Å². The summed E-state index contributed by atoms with van der Waals surface area (Å²) in [6.07, 6.45) is 7.06. The van der Waals surface area contributed by atoms with Crippen LogP contribution in [0.1, 0.15) is 58.3 Å². The quantitative estimate of drug-likeness (QED) is 0.814. The Balaban J connectivity index is 1.88. The Morgan fingerprint density at radius 3 is 2.43 bits per heavy atom. The molecule has 2 aliphatic rings. The number of rotatable bonds is 5. The lowest BCUT2D eigenvalue weighted by atomic mass is 9.79. The summed E-state index contributed by atoms with van der Waals surface area (Å²) in [5.74, 6) is -0.382. The third kappa shape index (κ3) is 3.96. The molecular weight excluding hydrogens is 270 g/mol. The molecule has 1 aliphatic heterocycles. The number of carbonyl (C=O) groups excluding carboxylic acids is 1. The molecule has 1 saturated carbocycles. The van der Waals surface area contributed by atoms with Crippen LogP contribution in [0.2, 0.25) is 0 Å². The van der Waals surface area contributed by atoms with Gasteiger partial charge in [0.2, 0.25) is 5.91 Å². The molecule has 5 heteroatoms. The van der Waals surface area contributed by atoms with Crippen LogP contribution in [0.15, 0.2) is 0 Å². The van der Waals surface area contributed by atoms with Crippen LogP contribution in [-0.4, -0.2) is 45.7 Å². The number of carboxylic acids is 1. The van der Waals surface area contributed by atoms with Gasteiger partial charge >= 0.3 is 5.97 Å². The summed E-state index contributed by atoms with van der Waals surface area (Å²) >= 11 is 0. The molecule has 1 aliphatic carbocycles. The van der Waals surface area contributed by atoms with E-state index in [9.17, 15) is 19.8 Å². The highest BCUT2D eigenvalue weighted by Crippen LogP contribution is 2.34. The third-order valence-electron chi connectivity index (χ3n) is 5.01. The summed E-state index contributed by atoms with van der Waals surface area (Å²) in [6.45, 7) is 2.37. The molecule has 1 heterocycles. The molecule has 21 heavy (non-hydrogen) atoms. The van der Waals surface area contributed by atoms with Crippen molar-refractivity contribution < 1.29 is 19.8 Å². The van der Waals surface area contributed by atoms with Crippen LogP contribution in [0.3, 0.4) is 0 Å². The van der Waals surface area contributed by atoms with E-state index < -0.39 is 18.1 Å². The van der Waals surface area contributed by atoms with Gasteiger partial charge in [0.1, 0.15) is 6.04 Å². The van der Waals surface area contributed by atoms with Gasteiger partial charge in [0.15, 0.2) is 0 Å². The Bertz CT molecular complexity index is 376. The van der Waals surface area contributed by atoms with E-state index in [1.807, 2.05) is 0 Å². The van der Waals surface area contributed by atoms with Crippen molar-refractivity contribution >= 4 is 11.9 Å². The van der Waals surface area contributed by atoms with Crippen molar-refractivity contribution in [3.63, 3.8) is 0 Å². The van der Waals surface area contributed by atoms with Gasteiger partial charge in [0, 0.05) is 18.9 Å². The average Bonchev–Trinajstić information content (AvgIpc) is 2.87. The van der Waals surface area contributed by atoms with E-state index in [4.69, 9.17) is 0 Å². The fourth-order valence-corrected chi connectivity index (χ4v) is 3.72. The number of amides is 1. The molecule has 2 rings (SSSR count). The molecule has 2 N–H and O–H groups in total. The standard InChI is InChI=1S/C16H27NO4/c1-2-3-4-11-5-7-12(8-6-11)15(19)17-10-13(18)9-14(17)16(20)21/h11-14,18H,2-10H2,1H3,(H,20,21)/t11?,12?,13-,14-/m1/s1. The summed E-state index contributed by atoms with van der Waals surface area (Å²) < 4.78 is 0. The lowest BCUT2D eigenvalue weighted by molar-refractivity contribution is -0.150. The minimum absolute atomic E-state index is 0.0463. The van der Waals surface area contributed by atoms with Crippen LogP contribution in [0.25, 0.3) is 0 Å². The first-order chi connectivity index (χ1) is 10.0. The van der Waals surface area contributed by atoms with Crippen LogP contribution in [0.5, 0.6) is 0 Å². The zero-order valence-corrected chi connectivity index (χ0v) is 12.8. The van der Waals surface area contributed by atoms with E-state index in [1.54, 1.807) is 0 Å². The molecule has 0 bridgehead atoms. The summed E-state index contributed by atoms with van der Waals surface area (Å²) in [6, 6.07) is -0.842. The molecule has 5 nitrogen and oxygen atoms in total. The zero-order chi connectivity index (χ0) is 15.4. The number of carbonyl (C=O) groups is 2. The SMILES string of the molecule is CCCCC1CCC(C(=O)N2C[C@H](O)C[C@@H]2C(=O)O)CC1. The zero-order valence-electron chi connectivity index (χ0n) is 12.8. The highest BCUT2D eigenvalue weighted by atomic mass is 16.4. The largest absolute Gasteiger partial charge is 0.480 e. The minimum Gasteiger partial charge on any atom is -0.480 e. The molecule has 0 aromatic carbocycles. The summed E-state index contributed by atoms with van der Waals surface area (Å²) in [5, 5.41) is 18.8. The van der Waals surface area contributed by atoms with E-state index >= 15 is 0 Å². The van der Waals surface area contributed by atoms with E-state index in [-0.39, 0.29) is 24.8 Å². The highest BCUT2D eigenvalue weighted by Gasteiger charge is 2.41. The topological polar surface area (TPSA) is 77.8 Å². The van der Waals surface area contributed by atoms with Gasteiger partial charge in [-0.25, -0.2) is 4.79 Å². The first-order valence-corrected chi connectivity index (χ1v) is 8.24. The van der Waals surface area contributed by atoms with Crippen LogP contribution < -0.4 is 0 Å². The van der Waals surface area contributed by atoms with Crippen molar-refractivity contribution in [1.29, 1.82) is 0 Å². The average molecular weight is 297 g/mol. The molecule has 1 amide bonds. The number of aliphatic hydroxyl groups is 1. The summed E-state index contributed by atoms with van der Waals surface area (Å²) in [4.78, 5) is 25.1. The van der Waals surface area contributed by atoms with Crippen molar-refractivity contribution in [1.82, 2.24) is 4.90 Å². The monoisotopic (exact) mass is 297 g/mol. The van der Waals surface area contributed by atoms with Gasteiger partial charge in [-0.05, 0) is 31.6 Å². The number of unbranched alkanes of at least 4 members (excludes halogenated alkanes) is 1. The molecule has 120 valence electrons. The fourth-order valence-electron chi connectivity index (χ4n) is 3.72. The lowest BCUT2D eigenvalue weighted by Crippen LogP contribution is -2.44. The van der Waals surface area contributed by atoms with E-state index in [0.29, 0.717) is 0 Å². The van der Waals surface area contributed by atoms with Crippen molar-refractivity contribution in [3.8, 4) is 0 Å². The Kier molecular flexibility index (Phi) is 5.62. The number of nitrogens with zero attached hydrogens (tertiary/aromatic N) is 1. The normalized spacial score (nSPS) is 33.1. The third-order valence-corrected chi connectivity index (χ3v) is 5.01. The number of hydrogen-bond acceptors (Lipinski definition) is 3. The van der Waals surface area contributed by atoms with Crippen molar-refractivity contribution in [2.75, 3.05) is 6.54 Å². The Labute approximate surface area is 126 Å². The van der Waals surface area contributed by atoms with Gasteiger partial charge in [-0.15, -0.1) is 0 Å². The van der Waals surface area contributed by atoms with Crippen LogP contribution in [0.4, 0.5) is 0 Å². The number of hydrogen-bond donors (Lipinski definition) is 2. The Morgan fingerprint density at radius 1 is 1.19 bits per heavy atom. The number of aliphatic hydroxyl groups excluding tert-OH is 1. The smallest absolute Gasteiger partial charge is 0.326 e. The van der Waals surface area contributed by atoms with E-state index in [0.717, 1.165) is 31.6 Å². The number of aliphatic carboxylic acids is 1. The van der Waals surface area contributed by atoms with Crippen molar-refractivity contribution in [3.05, 3.63) is 0 Å². The predicted octanol–water partition coefficient (Wildman–Crippen LogP) is 2.03. The van der Waals surface area contributed by atoms with Crippen LogP contribution in [-0.2, 0) is 9.59 Å². The maximum atomic E-state index is 12.5. The van der Waals surface area contributed by atoms with Gasteiger partial charge in [0.05, 0.1) is 6.10 Å². The van der Waals surface area contributed by atoms with Gasteiger partial charge in [0.25, 0.3) is 0 Å². The van der Waals surface area contributed by atoms with Gasteiger partial charge in [-0.3, -0.25) is 4.79 Å². The molecule has 0 spiro atoms. The molecule has 2 fully saturated rings. The Hall–Kier alpha value is -1.10. The molecule has 1 saturated heterocycles. The highest BCUT2D eigenvalue weighted by molar-refractivity contribution is 5.85. The molecule has 2 atom stereocenters. The summed E-state index contributed by atoms with van der Waals surface area (Å²) in [5.41, 5.74) is 0. The number of β-amino-alcohol motifs (C(OH)–C–C–N with tert-alkyl or cyclic N) is 1. The molecule has 0 unspecified atom stereocenters. The molecule has 0 aromatic heterocycles. The van der Waals surface area contributed by atoms with Crippen molar-refractivity contribution in [2.45, 2.75) is 70.4 Å². The minimum atomic E-state index is -1.00. The van der Waals surface area contributed by atoms with Gasteiger partial charge < -0.3 is 15.1 Å². The number of carboxylic acid groups (broad SMARTS) is 1. The second kappa shape index (κ2) is 7.25. The summed E-state index contributed by atoms with van der Waals surface area (Å²) in [7, 11) is 0. The van der Waals surface area contributed by atoms with Gasteiger partial charge in [-0.2, -0.15) is 0 Å².